The first kappa shape index (κ1) is 15.9. The highest BCUT2D eigenvalue weighted by Crippen LogP contribution is 2.07. The molecule has 1 aliphatic rings. The molecule has 1 saturated heterocycles. The molecule has 3 heteroatoms. The molecule has 0 aromatic heterocycles. The van der Waals surface area contributed by atoms with E-state index in [9.17, 15) is 0 Å². The first-order valence-electron chi connectivity index (χ1n) is 7.75. The molecule has 3 nitrogen and oxygen atoms in total. The number of likely N-dealkylation sites (N-methyl/N-ethyl adjacent to an activating group) is 2. The summed E-state index contributed by atoms with van der Waals surface area (Å²) in [6.07, 6.45) is 6.83. The number of unbranched alkanes of at least 4 members (excludes halogenated alkanes) is 3. The van der Waals surface area contributed by atoms with Crippen molar-refractivity contribution < 1.29 is 0 Å². The highest BCUT2D eigenvalue weighted by molar-refractivity contribution is 4.81. The van der Waals surface area contributed by atoms with Crippen LogP contribution in [0.3, 0.4) is 0 Å². The number of piperazine rings is 1. The molecule has 0 saturated carbocycles. The van der Waals surface area contributed by atoms with E-state index in [0.717, 1.165) is 6.54 Å². The lowest BCUT2D eigenvalue weighted by Gasteiger charge is -2.38. The van der Waals surface area contributed by atoms with E-state index < -0.39 is 0 Å². The topological polar surface area (TPSA) is 18.5 Å². The Morgan fingerprint density at radius 2 is 1.94 bits per heavy atom. The van der Waals surface area contributed by atoms with Gasteiger partial charge in [0.05, 0.1) is 0 Å². The van der Waals surface area contributed by atoms with Crippen LogP contribution in [0.25, 0.3) is 0 Å². The molecular formula is C15H33N3. The second-order valence-corrected chi connectivity index (χ2v) is 6.06. The highest BCUT2D eigenvalue weighted by Gasteiger charge is 2.21. The largest absolute Gasteiger partial charge is 0.313 e. The van der Waals surface area contributed by atoms with Crippen LogP contribution < -0.4 is 5.32 Å². The lowest BCUT2D eigenvalue weighted by molar-refractivity contribution is 0.111. The van der Waals surface area contributed by atoms with Gasteiger partial charge in [-0.05, 0) is 27.4 Å². The first-order chi connectivity index (χ1) is 8.63. The molecule has 2 unspecified atom stereocenters. The van der Waals surface area contributed by atoms with Crippen molar-refractivity contribution >= 4 is 0 Å². The Morgan fingerprint density at radius 1 is 1.17 bits per heavy atom. The molecule has 0 amide bonds. The zero-order chi connectivity index (χ0) is 13.4. The Morgan fingerprint density at radius 3 is 2.67 bits per heavy atom. The van der Waals surface area contributed by atoms with Crippen molar-refractivity contribution in [2.45, 2.75) is 58.0 Å². The molecular weight excluding hydrogens is 222 g/mol. The van der Waals surface area contributed by atoms with Gasteiger partial charge in [0.1, 0.15) is 0 Å². The average Bonchev–Trinajstić information content (AvgIpc) is 2.36. The van der Waals surface area contributed by atoms with Crippen molar-refractivity contribution in [3.63, 3.8) is 0 Å². The van der Waals surface area contributed by atoms with E-state index in [1.807, 2.05) is 0 Å². The van der Waals surface area contributed by atoms with Gasteiger partial charge in [0, 0.05) is 38.3 Å². The number of nitrogens with one attached hydrogen (secondary N) is 1. The summed E-state index contributed by atoms with van der Waals surface area (Å²) in [7, 11) is 4.49. The van der Waals surface area contributed by atoms with Crippen LogP contribution in [0.5, 0.6) is 0 Å². The second-order valence-electron chi connectivity index (χ2n) is 6.06. The van der Waals surface area contributed by atoms with Crippen LogP contribution in [0.15, 0.2) is 0 Å². The minimum Gasteiger partial charge on any atom is -0.313 e. The molecule has 0 bridgehead atoms. The summed E-state index contributed by atoms with van der Waals surface area (Å²) in [6.45, 7) is 9.35. The molecule has 1 heterocycles. The van der Waals surface area contributed by atoms with Gasteiger partial charge in [-0.2, -0.15) is 0 Å². The van der Waals surface area contributed by atoms with E-state index in [-0.39, 0.29) is 0 Å². The summed E-state index contributed by atoms with van der Waals surface area (Å²) >= 11 is 0. The fourth-order valence-electron chi connectivity index (χ4n) is 2.64. The van der Waals surface area contributed by atoms with Crippen LogP contribution in [0.2, 0.25) is 0 Å². The molecule has 0 aromatic carbocycles. The smallest absolute Gasteiger partial charge is 0.0345 e. The first-order valence-corrected chi connectivity index (χ1v) is 7.75. The standard InChI is InChI=1S/C15H33N3/c1-5-6-7-8-9-14(2)16-12-15-13-17(3)10-11-18(15)4/h14-16H,5-13H2,1-4H3. The van der Waals surface area contributed by atoms with Gasteiger partial charge in [0.25, 0.3) is 0 Å². The van der Waals surface area contributed by atoms with Gasteiger partial charge in [0.15, 0.2) is 0 Å². The predicted molar refractivity (Wildman–Crippen MR) is 80.1 cm³/mol. The minimum atomic E-state index is 0.669. The zero-order valence-corrected chi connectivity index (χ0v) is 12.9. The van der Waals surface area contributed by atoms with Gasteiger partial charge in [-0.25, -0.2) is 0 Å². The maximum Gasteiger partial charge on any atom is 0.0345 e. The summed E-state index contributed by atoms with van der Waals surface area (Å²) in [5, 5.41) is 3.71. The molecule has 0 aliphatic carbocycles. The van der Waals surface area contributed by atoms with E-state index in [4.69, 9.17) is 0 Å². The van der Waals surface area contributed by atoms with Crippen LogP contribution in [-0.4, -0.2) is 62.2 Å². The molecule has 1 aliphatic heterocycles. The van der Waals surface area contributed by atoms with E-state index in [2.05, 4.69) is 43.1 Å². The van der Waals surface area contributed by atoms with Crippen LogP contribution in [0, 0.1) is 0 Å². The Balaban J connectivity index is 2.10. The van der Waals surface area contributed by atoms with Crippen LogP contribution in [-0.2, 0) is 0 Å². The third kappa shape index (κ3) is 6.17. The van der Waals surface area contributed by atoms with Crippen molar-refractivity contribution in [3.8, 4) is 0 Å². The summed E-state index contributed by atoms with van der Waals surface area (Å²) < 4.78 is 0. The fourth-order valence-corrected chi connectivity index (χ4v) is 2.64. The van der Waals surface area contributed by atoms with Crippen molar-refractivity contribution in [1.29, 1.82) is 0 Å². The zero-order valence-electron chi connectivity index (χ0n) is 12.9. The van der Waals surface area contributed by atoms with E-state index >= 15 is 0 Å². The third-order valence-corrected chi connectivity index (χ3v) is 4.17. The van der Waals surface area contributed by atoms with Gasteiger partial charge in [-0.3, -0.25) is 4.90 Å². The number of hydrogen-bond donors (Lipinski definition) is 1. The molecule has 2 atom stereocenters. The Hall–Kier alpha value is -0.120. The van der Waals surface area contributed by atoms with Crippen LogP contribution >= 0.6 is 0 Å². The van der Waals surface area contributed by atoms with Gasteiger partial charge in [-0.1, -0.05) is 32.6 Å². The van der Waals surface area contributed by atoms with Gasteiger partial charge in [-0.15, -0.1) is 0 Å². The lowest BCUT2D eigenvalue weighted by Crippen LogP contribution is -2.54. The Kier molecular flexibility index (Phi) is 7.87. The van der Waals surface area contributed by atoms with Crippen molar-refractivity contribution in [2.24, 2.45) is 0 Å². The van der Waals surface area contributed by atoms with Crippen molar-refractivity contribution in [1.82, 2.24) is 15.1 Å². The number of rotatable bonds is 8. The normalized spacial score (nSPS) is 24.3. The molecule has 0 aromatic rings. The number of hydrogen-bond acceptors (Lipinski definition) is 3. The fraction of sp³-hybridized carbons (Fsp3) is 1.00. The van der Waals surface area contributed by atoms with E-state index in [0.29, 0.717) is 12.1 Å². The molecule has 108 valence electrons. The molecule has 1 N–H and O–H groups in total. The summed E-state index contributed by atoms with van der Waals surface area (Å²) in [6, 6.07) is 1.35. The maximum atomic E-state index is 3.71. The van der Waals surface area contributed by atoms with Crippen molar-refractivity contribution in [3.05, 3.63) is 0 Å². The van der Waals surface area contributed by atoms with Crippen LogP contribution in [0.4, 0.5) is 0 Å². The average molecular weight is 255 g/mol. The monoisotopic (exact) mass is 255 g/mol. The Bertz CT molecular complexity index is 208. The summed E-state index contributed by atoms with van der Waals surface area (Å²) in [5.74, 6) is 0. The highest BCUT2D eigenvalue weighted by atomic mass is 15.3. The third-order valence-electron chi connectivity index (χ3n) is 4.17. The van der Waals surface area contributed by atoms with Crippen LogP contribution in [0.1, 0.15) is 46.0 Å². The number of nitrogens with zero attached hydrogens (tertiary/aromatic N) is 2. The van der Waals surface area contributed by atoms with Crippen molar-refractivity contribution in [2.75, 3.05) is 40.3 Å². The maximum absolute atomic E-state index is 3.71. The molecule has 1 fully saturated rings. The minimum absolute atomic E-state index is 0.669. The summed E-state index contributed by atoms with van der Waals surface area (Å²) in [4.78, 5) is 4.94. The van der Waals surface area contributed by atoms with E-state index in [1.54, 1.807) is 0 Å². The van der Waals surface area contributed by atoms with E-state index in [1.165, 1.54) is 51.7 Å². The lowest BCUT2D eigenvalue weighted by atomic mass is 10.1. The molecule has 18 heavy (non-hydrogen) atoms. The second kappa shape index (κ2) is 8.89. The van der Waals surface area contributed by atoms with Gasteiger partial charge >= 0.3 is 0 Å². The predicted octanol–water partition coefficient (Wildman–Crippen LogP) is 2.18. The van der Waals surface area contributed by atoms with Gasteiger partial charge in [0.2, 0.25) is 0 Å². The molecule has 0 spiro atoms. The quantitative estimate of drug-likeness (QED) is 0.671. The molecule has 0 radical (unpaired) electrons. The summed E-state index contributed by atoms with van der Waals surface area (Å²) in [5.41, 5.74) is 0. The van der Waals surface area contributed by atoms with Gasteiger partial charge < -0.3 is 10.2 Å². The Labute approximate surface area is 114 Å². The SMILES string of the molecule is CCCCCCC(C)NCC1CN(C)CCN1C. The molecule has 1 rings (SSSR count).